The Morgan fingerprint density at radius 1 is 1.16 bits per heavy atom. The average molecular weight is 444 g/mol. The molecule has 8 heteroatoms. The number of hydrogen-bond donors (Lipinski definition) is 3. The highest BCUT2D eigenvalue weighted by Crippen LogP contribution is 2.25. The van der Waals surface area contributed by atoms with Gasteiger partial charge in [0.2, 0.25) is 17.6 Å². The van der Waals surface area contributed by atoms with Crippen LogP contribution in [0, 0.1) is 17.8 Å². The molecule has 1 aromatic heterocycles. The molecule has 7 nitrogen and oxygen atoms in total. The zero-order valence-electron chi connectivity index (χ0n) is 17.8. The van der Waals surface area contributed by atoms with Crippen LogP contribution in [-0.2, 0) is 16.0 Å². The number of carbonyl (C=O) groups is 3. The first-order valence-corrected chi connectivity index (χ1v) is 11.1. The summed E-state index contributed by atoms with van der Waals surface area (Å²) in [5.41, 5.74) is 2.55. The lowest BCUT2D eigenvalue weighted by atomic mass is 9.82. The number of amides is 2. The van der Waals surface area contributed by atoms with Gasteiger partial charge in [-0.15, -0.1) is 17.9 Å². The number of nitrogens with one attached hydrogen (secondary N) is 2. The zero-order valence-corrected chi connectivity index (χ0v) is 18.6. The van der Waals surface area contributed by atoms with Crippen LogP contribution in [0.4, 0.5) is 0 Å². The van der Waals surface area contributed by atoms with Gasteiger partial charge in [-0.25, -0.2) is 10.5 Å². The Bertz CT molecular complexity index is 868. The summed E-state index contributed by atoms with van der Waals surface area (Å²) in [6.45, 7) is 7.56. The third-order valence-electron chi connectivity index (χ3n) is 4.97. The molecular formula is C23H29N3O4S. The lowest BCUT2D eigenvalue weighted by Crippen LogP contribution is -2.48. The molecule has 0 saturated carbocycles. The van der Waals surface area contributed by atoms with Crippen molar-refractivity contribution < 1.29 is 19.6 Å². The largest absolute Gasteiger partial charge is 0.345 e. The first kappa shape index (κ1) is 24.4. The van der Waals surface area contributed by atoms with E-state index >= 15 is 0 Å². The quantitative estimate of drug-likeness (QED) is 0.202. The van der Waals surface area contributed by atoms with E-state index in [1.165, 1.54) is 11.3 Å². The molecule has 0 bridgehead atoms. The van der Waals surface area contributed by atoms with Gasteiger partial charge in [-0.05, 0) is 24.3 Å². The number of thiazole rings is 1. The highest BCUT2D eigenvalue weighted by molar-refractivity contribution is 7.11. The second-order valence-corrected chi connectivity index (χ2v) is 8.69. The lowest BCUT2D eigenvalue weighted by molar-refractivity contribution is -0.140. The molecule has 1 heterocycles. The molecule has 3 atom stereocenters. The van der Waals surface area contributed by atoms with Gasteiger partial charge < -0.3 is 5.32 Å². The van der Waals surface area contributed by atoms with E-state index in [0.29, 0.717) is 17.8 Å². The molecule has 1 unspecified atom stereocenters. The summed E-state index contributed by atoms with van der Waals surface area (Å²) in [5, 5.41) is 14.0. The molecule has 0 aliphatic heterocycles. The number of Topliss-reactive ketones (excluding diaryl/α,β-unsaturated/α-hetero) is 1. The number of carbonyl (C=O) groups excluding carboxylic acids is 3. The summed E-state index contributed by atoms with van der Waals surface area (Å²) in [6.07, 6.45) is 4.04. The minimum Gasteiger partial charge on any atom is -0.345 e. The van der Waals surface area contributed by atoms with Crippen molar-refractivity contribution in [2.75, 3.05) is 0 Å². The number of nitrogens with zero attached hydrogens (tertiary/aromatic N) is 1. The molecule has 0 spiro atoms. The maximum atomic E-state index is 13.3. The molecule has 166 valence electrons. The second kappa shape index (κ2) is 12.1. The van der Waals surface area contributed by atoms with Crippen LogP contribution in [0.15, 0.2) is 54.6 Å². The molecule has 2 aromatic rings. The van der Waals surface area contributed by atoms with Gasteiger partial charge in [0.05, 0.1) is 17.9 Å². The number of rotatable bonds is 12. The molecule has 2 rings (SSSR count). The summed E-state index contributed by atoms with van der Waals surface area (Å²) in [5.74, 6) is -2.73. The molecule has 2 amide bonds. The standard InChI is InChI=1S/C23H29N3O4S/c1-4-8-17(22(29)26-30)18(13-15(2)3)21(28)25-19(14-16-9-6-5-7-10-16)20(27)23-24-11-12-31-23/h4-7,9-12,15,17-19,30H,1,8,13-14H2,2-3H3,(H,25,28)(H,26,29)/t17-,18+,19?/m0/s1. The normalized spacial score (nSPS) is 13.8. The Labute approximate surface area is 186 Å². The van der Waals surface area contributed by atoms with Gasteiger partial charge in [0.15, 0.2) is 5.01 Å². The van der Waals surface area contributed by atoms with Crippen molar-refractivity contribution in [3.8, 4) is 0 Å². The summed E-state index contributed by atoms with van der Waals surface area (Å²) in [4.78, 5) is 42.7. The van der Waals surface area contributed by atoms with Crippen molar-refractivity contribution in [3.63, 3.8) is 0 Å². The summed E-state index contributed by atoms with van der Waals surface area (Å²) >= 11 is 1.22. The number of benzene rings is 1. The highest BCUT2D eigenvalue weighted by atomic mass is 32.1. The van der Waals surface area contributed by atoms with Crippen molar-refractivity contribution in [1.29, 1.82) is 0 Å². The first-order chi connectivity index (χ1) is 14.9. The fourth-order valence-corrected chi connectivity index (χ4v) is 4.14. The number of hydroxylamine groups is 1. The van der Waals surface area contributed by atoms with Crippen molar-refractivity contribution >= 4 is 28.9 Å². The minimum atomic E-state index is -0.822. The van der Waals surface area contributed by atoms with Crippen LogP contribution < -0.4 is 10.8 Å². The Morgan fingerprint density at radius 3 is 2.42 bits per heavy atom. The van der Waals surface area contributed by atoms with Crippen LogP contribution in [-0.4, -0.2) is 33.8 Å². The van der Waals surface area contributed by atoms with Gasteiger partial charge in [-0.1, -0.05) is 50.3 Å². The van der Waals surface area contributed by atoms with Gasteiger partial charge >= 0.3 is 0 Å². The van der Waals surface area contributed by atoms with E-state index < -0.39 is 29.7 Å². The first-order valence-electron chi connectivity index (χ1n) is 10.2. The fraction of sp³-hybridized carbons (Fsp3) is 0.391. The van der Waals surface area contributed by atoms with Gasteiger partial charge in [-0.3, -0.25) is 19.6 Å². The molecule has 1 aromatic carbocycles. The lowest BCUT2D eigenvalue weighted by Gasteiger charge is -2.27. The predicted molar refractivity (Wildman–Crippen MR) is 120 cm³/mol. The van der Waals surface area contributed by atoms with Crippen LogP contribution in [0.1, 0.15) is 42.1 Å². The SMILES string of the molecule is C=CC[C@H](C(=O)NO)[C@@H](CC(C)C)C(=O)NC(Cc1ccccc1)C(=O)c1nccs1. The monoisotopic (exact) mass is 443 g/mol. The van der Waals surface area contributed by atoms with Gasteiger partial charge in [-0.2, -0.15) is 0 Å². The fourth-order valence-electron chi connectivity index (χ4n) is 3.51. The van der Waals surface area contributed by atoms with Crippen molar-refractivity contribution in [3.05, 3.63) is 65.1 Å². The molecule has 31 heavy (non-hydrogen) atoms. The van der Waals surface area contributed by atoms with Gasteiger partial charge in [0, 0.05) is 18.0 Å². The Balaban J connectivity index is 2.31. The Kier molecular flexibility index (Phi) is 9.55. The molecule has 0 aliphatic rings. The van der Waals surface area contributed by atoms with E-state index in [-0.39, 0.29) is 18.1 Å². The van der Waals surface area contributed by atoms with E-state index in [9.17, 15) is 14.4 Å². The van der Waals surface area contributed by atoms with Gasteiger partial charge in [0.1, 0.15) is 0 Å². The summed E-state index contributed by atoms with van der Waals surface area (Å²) in [6, 6.07) is 8.58. The van der Waals surface area contributed by atoms with E-state index in [4.69, 9.17) is 5.21 Å². The Morgan fingerprint density at radius 2 is 1.87 bits per heavy atom. The average Bonchev–Trinajstić information content (AvgIpc) is 3.30. The van der Waals surface area contributed by atoms with Crippen LogP contribution in [0.2, 0.25) is 0 Å². The molecule has 0 radical (unpaired) electrons. The molecule has 0 aliphatic carbocycles. The summed E-state index contributed by atoms with van der Waals surface area (Å²) < 4.78 is 0. The Hall–Kier alpha value is -2.84. The number of hydrogen-bond acceptors (Lipinski definition) is 6. The number of aromatic nitrogens is 1. The van der Waals surface area contributed by atoms with Crippen LogP contribution in [0.25, 0.3) is 0 Å². The molecule has 3 N–H and O–H groups in total. The van der Waals surface area contributed by atoms with E-state index in [0.717, 1.165) is 5.56 Å². The topological polar surface area (TPSA) is 108 Å². The van der Waals surface area contributed by atoms with Crippen molar-refractivity contribution in [2.24, 2.45) is 17.8 Å². The van der Waals surface area contributed by atoms with Crippen LogP contribution >= 0.6 is 11.3 Å². The highest BCUT2D eigenvalue weighted by Gasteiger charge is 2.35. The van der Waals surface area contributed by atoms with Crippen LogP contribution in [0.3, 0.4) is 0 Å². The minimum absolute atomic E-state index is 0.122. The van der Waals surface area contributed by atoms with E-state index in [2.05, 4.69) is 16.9 Å². The van der Waals surface area contributed by atoms with E-state index in [1.807, 2.05) is 44.2 Å². The van der Waals surface area contributed by atoms with E-state index in [1.54, 1.807) is 23.1 Å². The van der Waals surface area contributed by atoms with Gasteiger partial charge in [0.25, 0.3) is 0 Å². The maximum absolute atomic E-state index is 13.3. The molecule has 0 fully saturated rings. The maximum Gasteiger partial charge on any atom is 0.247 e. The summed E-state index contributed by atoms with van der Waals surface area (Å²) in [7, 11) is 0. The van der Waals surface area contributed by atoms with Crippen LogP contribution in [0.5, 0.6) is 0 Å². The van der Waals surface area contributed by atoms with Crippen molar-refractivity contribution in [1.82, 2.24) is 15.8 Å². The molecular weight excluding hydrogens is 414 g/mol. The second-order valence-electron chi connectivity index (χ2n) is 7.80. The number of ketones is 1. The smallest absolute Gasteiger partial charge is 0.247 e. The van der Waals surface area contributed by atoms with Crippen molar-refractivity contribution in [2.45, 2.75) is 39.2 Å². The molecule has 0 saturated heterocycles. The number of allylic oxidation sites excluding steroid dienone is 1. The third kappa shape index (κ3) is 7.11. The zero-order chi connectivity index (χ0) is 22.8. The third-order valence-corrected chi connectivity index (χ3v) is 5.76. The predicted octanol–water partition coefficient (Wildman–Crippen LogP) is 3.41.